The first-order chi connectivity index (χ1) is 15.2. The number of morpholine rings is 1. The average molecular weight is 431 g/mol. The zero-order valence-corrected chi connectivity index (χ0v) is 19.0. The molecule has 3 heterocycles. The minimum absolute atomic E-state index is 0.104. The molecule has 0 bridgehead atoms. The normalized spacial score (nSPS) is 21.5. The van der Waals surface area contributed by atoms with E-state index in [0.29, 0.717) is 6.04 Å². The van der Waals surface area contributed by atoms with Gasteiger partial charge in [-0.2, -0.15) is 0 Å². The van der Waals surface area contributed by atoms with Crippen LogP contribution in [-0.2, 0) is 9.53 Å². The summed E-state index contributed by atoms with van der Waals surface area (Å²) < 4.78 is 5.48. The number of rotatable bonds is 7. The van der Waals surface area contributed by atoms with Gasteiger partial charge < -0.3 is 24.8 Å². The molecule has 1 amide bonds. The number of aromatic nitrogens is 2. The second-order valence-electron chi connectivity index (χ2n) is 9.16. The fourth-order valence-corrected chi connectivity index (χ4v) is 5.14. The third kappa shape index (κ3) is 5.86. The van der Waals surface area contributed by atoms with Crippen LogP contribution in [0.25, 0.3) is 0 Å². The molecule has 1 saturated carbocycles. The molecule has 0 spiro atoms. The van der Waals surface area contributed by atoms with Crippen LogP contribution >= 0.6 is 0 Å². The highest BCUT2D eigenvalue weighted by molar-refractivity contribution is 5.79. The standard InChI is InChI=1S/C23H38N6O2/c1-27(20-5-3-2-4-6-20)12-9-25-23(30)19-7-10-28(11-8-19)21-17-24-18-26-22(21)29-13-15-31-16-14-29/h17-20H,2-16H2,1H3,(H,25,30). The summed E-state index contributed by atoms with van der Waals surface area (Å²) in [4.78, 5) is 28.6. The minimum Gasteiger partial charge on any atom is -0.378 e. The highest BCUT2D eigenvalue weighted by atomic mass is 16.5. The minimum atomic E-state index is 0.104. The van der Waals surface area contributed by atoms with Gasteiger partial charge in [-0.3, -0.25) is 4.79 Å². The zero-order valence-electron chi connectivity index (χ0n) is 19.0. The van der Waals surface area contributed by atoms with Gasteiger partial charge in [0.25, 0.3) is 0 Å². The summed E-state index contributed by atoms with van der Waals surface area (Å²) in [5.74, 6) is 1.31. The number of hydrogen-bond donors (Lipinski definition) is 1. The van der Waals surface area contributed by atoms with E-state index in [2.05, 4.69) is 37.0 Å². The quantitative estimate of drug-likeness (QED) is 0.708. The molecule has 2 aliphatic heterocycles. The molecule has 1 aromatic heterocycles. The van der Waals surface area contributed by atoms with Crippen molar-refractivity contribution in [3.8, 4) is 0 Å². The topological polar surface area (TPSA) is 73.8 Å². The van der Waals surface area contributed by atoms with Crippen molar-refractivity contribution in [3.05, 3.63) is 12.5 Å². The van der Waals surface area contributed by atoms with Crippen LogP contribution in [0.2, 0.25) is 0 Å². The van der Waals surface area contributed by atoms with E-state index in [-0.39, 0.29) is 11.8 Å². The van der Waals surface area contributed by atoms with Gasteiger partial charge in [0, 0.05) is 51.2 Å². The Morgan fingerprint density at radius 2 is 1.84 bits per heavy atom. The van der Waals surface area contributed by atoms with Crippen LogP contribution in [0.15, 0.2) is 12.5 Å². The Balaban J connectivity index is 1.23. The van der Waals surface area contributed by atoms with E-state index < -0.39 is 0 Å². The highest BCUT2D eigenvalue weighted by Crippen LogP contribution is 2.30. The maximum Gasteiger partial charge on any atom is 0.223 e. The maximum atomic E-state index is 12.7. The molecule has 172 valence electrons. The lowest BCUT2D eigenvalue weighted by atomic mass is 9.94. The van der Waals surface area contributed by atoms with Crippen LogP contribution < -0.4 is 15.1 Å². The Hall–Kier alpha value is -1.93. The smallest absolute Gasteiger partial charge is 0.223 e. The van der Waals surface area contributed by atoms with Gasteiger partial charge in [0.1, 0.15) is 6.33 Å². The lowest BCUT2D eigenvalue weighted by Crippen LogP contribution is -2.44. The summed E-state index contributed by atoms with van der Waals surface area (Å²) in [7, 11) is 2.20. The van der Waals surface area contributed by atoms with Gasteiger partial charge in [0.15, 0.2) is 5.82 Å². The summed E-state index contributed by atoms with van der Waals surface area (Å²) in [6.45, 7) is 6.62. The van der Waals surface area contributed by atoms with E-state index >= 15 is 0 Å². The van der Waals surface area contributed by atoms with E-state index in [1.54, 1.807) is 6.33 Å². The molecule has 1 N–H and O–H groups in total. The predicted octanol–water partition coefficient (Wildman–Crippen LogP) is 1.91. The van der Waals surface area contributed by atoms with E-state index in [4.69, 9.17) is 4.74 Å². The molecule has 0 radical (unpaired) electrons. The van der Waals surface area contributed by atoms with Crippen molar-refractivity contribution < 1.29 is 9.53 Å². The third-order valence-corrected chi connectivity index (χ3v) is 7.15. The van der Waals surface area contributed by atoms with E-state index in [1.807, 2.05) is 6.20 Å². The fourth-order valence-electron chi connectivity index (χ4n) is 5.14. The number of hydrogen-bond acceptors (Lipinski definition) is 7. The Morgan fingerprint density at radius 1 is 1.10 bits per heavy atom. The van der Waals surface area contributed by atoms with Gasteiger partial charge >= 0.3 is 0 Å². The molecule has 0 unspecified atom stereocenters. The molecule has 3 fully saturated rings. The zero-order chi connectivity index (χ0) is 21.5. The number of anilines is 2. The van der Waals surface area contributed by atoms with Crippen LogP contribution in [-0.4, -0.2) is 86.3 Å². The Kier molecular flexibility index (Phi) is 7.97. The van der Waals surface area contributed by atoms with Crippen molar-refractivity contribution in [1.29, 1.82) is 0 Å². The maximum absolute atomic E-state index is 12.7. The SMILES string of the molecule is CN(CCNC(=O)C1CCN(c2cncnc2N2CCOCC2)CC1)C1CCCCC1. The van der Waals surface area contributed by atoms with Crippen molar-refractivity contribution in [1.82, 2.24) is 20.2 Å². The first-order valence-corrected chi connectivity index (χ1v) is 12.1. The fraction of sp³-hybridized carbons (Fsp3) is 0.783. The van der Waals surface area contributed by atoms with Gasteiger partial charge in [-0.05, 0) is 32.7 Å². The van der Waals surface area contributed by atoms with Crippen molar-refractivity contribution in [2.24, 2.45) is 5.92 Å². The van der Waals surface area contributed by atoms with Gasteiger partial charge in [-0.15, -0.1) is 0 Å². The molecule has 0 atom stereocenters. The number of nitrogens with one attached hydrogen (secondary N) is 1. The molecular weight excluding hydrogens is 392 g/mol. The summed E-state index contributed by atoms with van der Waals surface area (Å²) in [5, 5.41) is 3.19. The lowest BCUT2D eigenvalue weighted by molar-refractivity contribution is -0.125. The molecule has 1 aliphatic carbocycles. The number of piperidine rings is 1. The van der Waals surface area contributed by atoms with Gasteiger partial charge in [0.2, 0.25) is 5.91 Å². The number of ether oxygens (including phenoxy) is 1. The number of nitrogens with zero attached hydrogens (tertiary/aromatic N) is 5. The van der Waals surface area contributed by atoms with E-state index in [1.165, 1.54) is 32.1 Å². The number of carbonyl (C=O) groups is 1. The Bertz CT molecular complexity index is 697. The first-order valence-electron chi connectivity index (χ1n) is 12.1. The molecule has 4 rings (SSSR count). The molecule has 1 aromatic rings. The van der Waals surface area contributed by atoms with Crippen molar-refractivity contribution in [3.63, 3.8) is 0 Å². The molecule has 8 heteroatoms. The van der Waals surface area contributed by atoms with E-state index in [0.717, 1.165) is 76.8 Å². The largest absolute Gasteiger partial charge is 0.378 e. The van der Waals surface area contributed by atoms with Gasteiger partial charge in [-0.1, -0.05) is 19.3 Å². The number of amides is 1. The second kappa shape index (κ2) is 11.1. The highest BCUT2D eigenvalue weighted by Gasteiger charge is 2.28. The van der Waals surface area contributed by atoms with E-state index in [9.17, 15) is 4.79 Å². The predicted molar refractivity (Wildman–Crippen MR) is 123 cm³/mol. The molecule has 0 aromatic carbocycles. The van der Waals surface area contributed by atoms with Crippen molar-refractivity contribution >= 4 is 17.4 Å². The summed E-state index contributed by atoms with van der Waals surface area (Å²) in [6.07, 6.45) is 12.0. The van der Waals surface area contributed by atoms with Crippen molar-refractivity contribution in [2.45, 2.75) is 51.0 Å². The van der Waals surface area contributed by atoms with Crippen LogP contribution in [0, 0.1) is 5.92 Å². The van der Waals surface area contributed by atoms with Crippen LogP contribution in [0.1, 0.15) is 44.9 Å². The molecular formula is C23H38N6O2. The van der Waals surface area contributed by atoms with Crippen LogP contribution in [0.5, 0.6) is 0 Å². The number of carbonyl (C=O) groups excluding carboxylic acids is 1. The molecule has 2 saturated heterocycles. The molecule has 3 aliphatic rings. The monoisotopic (exact) mass is 430 g/mol. The average Bonchev–Trinajstić information content (AvgIpc) is 2.85. The van der Waals surface area contributed by atoms with Gasteiger partial charge in [-0.25, -0.2) is 9.97 Å². The summed E-state index contributed by atoms with van der Waals surface area (Å²) in [5.41, 5.74) is 1.08. The summed E-state index contributed by atoms with van der Waals surface area (Å²) in [6, 6.07) is 0.697. The van der Waals surface area contributed by atoms with Crippen LogP contribution in [0.3, 0.4) is 0 Å². The third-order valence-electron chi connectivity index (χ3n) is 7.15. The molecule has 31 heavy (non-hydrogen) atoms. The second-order valence-corrected chi connectivity index (χ2v) is 9.16. The van der Waals surface area contributed by atoms with Gasteiger partial charge in [0.05, 0.1) is 25.1 Å². The van der Waals surface area contributed by atoms with Crippen molar-refractivity contribution in [2.75, 3.05) is 69.3 Å². The Labute approximate surface area is 186 Å². The Morgan fingerprint density at radius 3 is 2.58 bits per heavy atom. The summed E-state index contributed by atoms with van der Waals surface area (Å²) >= 11 is 0. The van der Waals surface area contributed by atoms with Crippen LogP contribution in [0.4, 0.5) is 11.5 Å². The lowest BCUT2D eigenvalue weighted by Gasteiger charge is -2.36. The molecule has 8 nitrogen and oxygen atoms in total. The number of likely N-dealkylation sites (N-methyl/N-ethyl adjacent to an activating group) is 1. The first kappa shape index (κ1) is 22.3.